The van der Waals surface area contributed by atoms with Gasteiger partial charge in [0, 0.05) is 18.0 Å². The van der Waals surface area contributed by atoms with Crippen molar-refractivity contribution in [3.8, 4) is 22.8 Å². The number of nitrogens with zero attached hydrogens (tertiary/aromatic N) is 3. The van der Waals surface area contributed by atoms with Crippen molar-refractivity contribution >= 4 is 0 Å². The molecule has 0 aliphatic carbocycles. The minimum Gasteiger partial charge on any atom is -0.461 e. The van der Waals surface area contributed by atoms with E-state index in [0.717, 1.165) is 0 Å². The molecule has 0 aromatic carbocycles. The number of hydrogen-bond acceptors (Lipinski definition) is 5. The van der Waals surface area contributed by atoms with Crippen LogP contribution in [0.1, 0.15) is 0 Å². The van der Waals surface area contributed by atoms with Crippen LogP contribution in [0.4, 0.5) is 0 Å². The van der Waals surface area contributed by atoms with Gasteiger partial charge in [-0.15, -0.1) is 10.2 Å². The van der Waals surface area contributed by atoms with E-state index < -0.39 is 0 Å². The molecule has 3 heterocycles. The van der Waals surface area contributed by atoms with E-state index in [1.54, 1.807) is 36.7 Å². The summed E-state index contributed by atoms with van der Waals surface area (Å²) in [6.45, 7) is 0. The number of aromatic nitrogens is 4. The first kappa shape index (κ1) is 10.4. The monoisotopic (exact) mass is 240 g/mol. The van der Waals surface area contributed by atoms with Gasteiger partial charge < -0.3 is 9.40 Å². The summed E-state index contributed by atoms with van der Waals surface area (Å²) in [7, 11) is 0. The molecular formula is C12H8N4O2. The first-order valence-electron chi connectivity index (χ1n) is 5.26. The summed E-state index contributed by atoms with van der Waals surface area (Å²) >= 11 is 0. The Morgan fingerprint density at radius 2 is 1.94 bits per heavy atom. The van der Waals surface area contributed by atoms with Crippen LogP contribution in [0.15, 0.2) is 52.1 Å². The van der Waals surface area contributed by atoms with Gasteiger partial charge in [-0.05, 0) is 24.3 Å². The molecule has 0 spiro atoms. The number of pyridine rings is 1. The molecule has 0 saturated carbocycles. The summed E-state index contributed by atoms with van der Waals surface area (Å²) < 4.78 is 5.14. The molecule has 0 unspecified atom stereocenters. The molecule has 0 saturated heterocycles. The van der Waals surface area contributed by atoms with Crippen molar-refractivity contribution in [2.24, 2.45) is 0 Å². The fourth-order valence-corrected chi connectivity index (χ4v) is 1.56. The number of hydrogen-bond donors (Lipinski definition) is 1. The standard InChI is InChI=1S/C12H8N4O2/c17-12-10(8-3-5-13-6-4-8)15-16-11(14-12)9-2-1-7-18-9/h1-7H,(H,14,16,17). The van der Waals surface area contributed by atoms with Crippen molar-refractivity contribution < 1.29 is 4.42 Å². The second-order valence-electron chi connectivity index (χ2n) is 3.56. The van der Waals surface area contributed by atoms with Crippen LogP contribution in [0.5, 0.6) is 0 Å². The Morgan fingerprint density at radius 3 is 2.61 bits per heavy atom. The van der Waals surface area contributed by atoms with E-state index in [1.165, 1.54) is 6.26 Å². The van der Waals surface area contributed by atoms with Crippen LogP contribution >= 0.6 is 0 Å². The molecule has 0 bridgehead atoms. The predicted molar refractivity (Wildman–Crippen MR) is 63.6 cm³/mol. The predicted octanol–water partition coefficient (Wildman–Crippen LogP) is 1.49. The third kappa shape index (κ3) is 1.80. The number of aromatic amines is 1. The molecule has 88 valence electrons. The third-order valence-corrected chi connectivity index (χ3v) is 2.41. The van der Waals surface area contributed by atoms with Gasteiger partial charge in [0.1, 0.15) is 0 Å². The molecule has 1 N–H and O–H groups in total. The summed E-state index contributed by atoms with van der Waals surface area (Å²) in [5.74, 6) is 0.781. The Labute approximate surface area is 101 Å². The number of furan rings is 1. The van der Waals surface area contributed by atoms with Gasteiger partial charge in [-0.1, -0.05) is 0 Å². The zero-order valence-corrected chi connectivity index (χ0v) is 9.20. The molecule has 18 heavy (non-hydrogen) atoms. The fourth-order valence-electron chi connectivity index (χ4n) is 1.56. The Hall–Kier alpha value is -2.76. The molecule has 0 fully saturated rings. The van der Waals surface area contributed by atoms with Crippen molar-refractivity contribution in [1.82, 2.24) is 20.2 Å². The lowest BCUT2D eigenvalue weighted by Crippen LogP contribution is -2.14. The van der Waals surface area contributed by atoms with Gasteiger partial charge in [-0.25, -0.2) is 0 Å². The highest BCUT2D eigenvalue weighted by Crippen LogP contribution is 2.14. The minimum absolute atomic E-state index is 0.257. The van der Waals surface area contributed by atoms with E-state index in [2.05, 4.69) is 20.2 Å². The van der Waals surface area contributed by atoms with Crippen molar-refractivity contribution in [1.29, 1.82) is 0 Å². The molecule has 0 aliphatic rings. The SMILES string of the molecule is O=c1[nH]c(-c2ccco2)nnc1-c1ccncc1. The van der Waals surface area contributed by atoms with Crippen LogP contribution in [0, 0.1) is 0 Å². The van der Waals surface area contributed by atoms with Gasteiger partial charge in [0.25, 0.3) is 5.56 Å². The Balaban J connectivity index is 2.08. The molecule has 3 rings (SSSR count). The fraction of sp³-hybridized carbons (Fsp3) is 0. The van der Waals surface area contributed by atoms with Crippen LogP contribution in [0.2, 0.25) is 0 Å². The lowest BCUT2D eigenvalue weighted by atomic mass is 10.2. The molecule has 0 atom stereocenters. The van der Waals surface area contributed by atoms with Crippen molar-refractivity contribution in [2.45, 2.75) is 0 Å². The van der Waals surface area contributed by atoms with Gasteiger partial charge in [0.15, 0.2) is 17.3 Å². The molecule has 6 heteroatoms. The second-order valence-corrected chi connectivity index (χ2v) is 3.56. The van der Waals surface area contributed by atoms with Gasteiger partial charge in [0.05, 0.1) is 6.26 Å². The van der Waals surface area contributed by atoms with Gasteiger partial charge >= 0.3 is 0 Å². The molecular weight excluding hydrogens is 232 g/mol. The molecule has 3 aromatic heterocycles. The molecule has 3 aromatic rings. The lowest BCUT2D eigenvalue weighted by molar-refractivity contribution is 0.575. The number of H-pyrrole nitrogens is 1. The average Bonchev–Trinajstić information content (AvgIpc) is 2.93. The summed E-state index contributed by atoms with van der Waals surface area (Å²) in [6, 6.07) is 6.82. The molecule has 0 amide bonds. The summed E-state index contributed by atoms with van der Waals surface area (Å²) in [4.78, 5) is 18.4. The first-order valence-corrected chi connectivity index (χ1v) is 5.26. The lowest BCUT2D eigenvalue weighted by Gasteiger charge is -1.99. The van der Waals surface area contributed by atoms with Crippen LogP contribution in [-0.2, 0) is 0 Å². The van der Waals surface area contributed by atoms with Crippen LogP contribution in [0.25, 0.3) is 22.8 Å². The Morgan fingerprint density at radius 1 is 1.11 bits per heavy atom. The minimum atomic E-state index is -0.317. The number of nitrogens with one attached hydrogen (secondary N) is 1. The smallest absolute Gasteiger partial charge is 0.278 e. The van der Waals surface area contributed by atoms with E-state index in [9.17, 15) is 4.79 Å². The molecule has 0 aliphatic heterocycles. The number of rotatable bonds is 2. The molecule has 6 nitrogen and oxygen atoms in total. The second kappa shape index (κ2) is 4.25. The van der Waals surface area contributed by atoms with E-state index in [1.807, 2.05) is 0 Å². The maximum Gasteiger partial charge on any atom is 0.278 e. The van der Waals surface area contributed by atoms with E-state index >= 15 is 0 Å². The third-order valence-electron chi connectivity index (χ3n) is 2.41. The van der Waals surface area contributed by atoms with Crippen LogP contribution in [-0.4, -0.2) is 20.2 Å². The first-order chi connectivity index (χ1) is 8.84. The Kier molecular flexibility index (Phi) is 2.45. The summed E-state index contributed by atoms with van der Waals surface area (Å²) in [5, 5.41) is 7.86. The van der Waals surface area contributed by atoms with Crippen molar-refractivity contribution in [3.63, 3.8) is 0 Å². The average molecular weight is 240 g/mol. The quantitative estimate of drug-likeness (QED) is 0.733. The van der Waals surface area contributed by atoms with Gasteiger partial charge in [-0.2, -0.15) is 0 Å². The highest BCUT2D eigenvalue weighted by atomic mass is 16.3. The van der Waals surface area contributed by atoms with Gasteiger partial charge in [0.2, 0.25) is 0 Å². The van der Waals surface area contributed by atoms with E-state index in [-0.39, 0.29) is 11.3 Å². The topological polar surface area (TPSA) is 84.7 Å². The highest BCUT2D eigenvalue weighted by molar-refractivity contribution is 5.57. The molecule has 0 radical (unpaired) electrons. The highest BCUT2D eigenvalue weighted by Gasteiger charge is 2.09. The van der Waals surface area contributed by atoms with Crippen LogP contribution < -0.4 is 5.56 Å². The normalized spacial score (nSPS) is 10.4. The van der Waals surface area contributed by atoms with Crippen molar-refractivity contribution in [2.75, 3.05) is 0 Å². The maximum atomic E-state index is 11.9. The van der Waals surface area contributed by atoms with Crippen LogP contribution in [0.3, 0.4) is 0 Å². The summed E-state index contributed by atoms with van der Waals surface area (Å²) in [5.41, 5.74) is 0.611. The summed E-state index contributed by atoms with van der Waals surface area (Å²) in [6.07, 6.45) is 4.69. The Bertz CT molecular complexity index is 704. The van der Waals surface area contributed by atoms with E-state index in [0.29, 0.717) is 17.1 Å². The van der Waals surface area contributed by atoms with E-state index in [4.69, 9.17) is 4.42 Å². The largest absolute Gasteiger partial charge is 0.461 e. The maximum absolute atomic E-state index is 11.9. The zero-order chi connectivity index (χ0) is 12.4. The van der Waals surface area contributed by atoms with Gasteiger partial charge in [-0.3, -0.25) is 9.78 Å². The van der Waals surface area contributed by atoms with Crippen molar-refractivity contribution in [3.05, 3.63) is 53.3 Å². The zero-order valence-electron chi connectivity index (χ0n) is 9.20.